The van der Waals surface area contributed by atoms with E-state index >= 15 is 0 Å². The third-order valence-electron chi connectivity index (χ3n) is 3.56. The highest BCUT2D eigenvalue weighted by molar-refractivity contribution is 5.67. The zero-order valence-electron chi connectivity index (χ0n) is 11.2. The summed E-state index contributed by atoms with van der Waals surface area (Å²) in [6.45, 7) is 5.03. The summed E-state index contributed by atoms with van der Waals surface area (Å²) >= 11 is 0. The lowest BCUT2D eigenvalue weighted by Crippen LogP contribution is -2.30. The van der Waals surface area contributed by atoms with E-state index in [-0.39, 0.29) is 6.09 Å². The van der Waals surface area contributed by atoms with Gasteiger partial charge in [0.15, 0.2) is 0 Å². The van der Waals surface area contributed by atoms with Gasteiger partial charge in [0.05, 0.1) is 0 Å². The van der Waals surface area contributed by atoms with E-state index in [0.717, 1.165) is 31.2 Å². The van der Waals surface area contributed by atoms with Crippen LogP contribution in [0.25, 0.3) is 0 Å². The molecule has 1 aliphatic rings. The predicted octanol–water partition coefficient (Wildman–Crippen LogP) is 3.66. The van der Waals surface area contributed by atoms with Crippen molar-refractivity contribution in [1.82, 2.24) is 5.32 Å². The average Bonchev–Trinajstić information content (AvgIpc) is 2.45. The minimum atomic E-state index is -0.326. The van der Waals surface area contributed by atoms with Gasteiger partial charge in [-0.2, -0.15) is 0 Å². The van der Waals surface area contributed by atoms with Crippen LogP contribution in [0.5, 0.6) is 0 Å². The number of amides is 1. The van der Waals surface area contributed by atoms with Gasteiger partial charge < -0.3 is 10.1 Å². The molecule has 0 aromatic heterocycles. The molecule has 19 heavy (non-hydrogen) atoms. The van der Waals surface area contributed by atoms with Crippen molar-refractivity contribution in [3.63, 3.8) is 0 Å². The zero-order valence-corrected chi connectivity index (χ0v) is 11.2. The van der Waals surface area contributed by atoms with Crippen molar-refractivity contribution in [3.8, 4) is 0 Å². The van der Waals surface area contributed by atoms with Crippen LogP contribution >= 0.6 is 0 Å². The summed E-state index contributed by atoms with van der Waals surface area (Å²) in [7, 11) is 0. The molecule has 1 aliphatic carbocycles. The van der Waals surface area contributed by atoms with E-state index in [4.69, 9.17) is 4.74 Å². The lowest BCUT2D eigenvalue weighted by atomic mass is 9.86. The van der Waals surface area contributed by atoms with Crippen molar-refractivity contribution in [3.05, 3.63) is 48.0 Å². The summed E-state index contributed by atoms with van der Waals surface area (Å²) in [6, 6.07) is 9.71. The van der Waals surface area contributed by atoms with Crippen molar-refractivity contribution in [2.45, 2.75) is 32.3 Å². The Balaban J connectivity index is 1.63. The maximum atomic E-state index is 11.6. The summed E-state index contributed by atoms with van der Waals surface area (Å²) < 4.78 is 5.17. The van der Waals surface area contributed by atoms with Gasteiger partial charge >= 0.3 is 6.09 Å². The Bertz CT molecular complexity index is 418. The largest absolute Gasteiger partial charge is 0.445 e. The molecule has 1 aromatic rings. The number of nitrogens with one attached hydrogen (secondary N) is 1. The summed E-state index contributed by atoms with van der Waals surface area (Å²) in [4.78, 5) is 11.6. The lowest BCUT2D eigenvalue weighted by molar-refractivity contribution is 0.137. The number of rotatable bonds is 4. The molecule has 0 spiro atoms. The van der Waals surface area contributed by atoms with Crippen LogP contribution < -0.4 is 5.32 Å². The average molecular weight is 259 g/mol. The highest BCUT2D eigenvalue weighted by Crippen LogP contribution is 2.26. The first-order valence-electron chi connectivity index (χ1n) is 6.85. The van der Waals surface area contributed by atoms with Crippen LogP contribution in [0.1, 0.15) is 31.2 Å². The highest BCUT2D eigenvalue weighted by Gasteiger charge is 2.16. The fourth-order valence-electron chi connectivity index (χ4n) is 2.29. The summed E-state index contributed by atoms with van der Waals surface area (Å²) in [5.74, 6) is 0.565. The number of ether oxygens (including phenoxy) is 1. The number of hydrogen-bond donors (Lipinski definition) is 1. The van der Waals surface area contributed by atoms with Gasteiger partial charge in [0.25, 0.3) is 0 Å². The molecule has 0 aliphatic heterocycles. The van der Waals surface area contributed by atoms with Crippen LogP contribution in [-0.4, -0.2) is 12.6 Å². The molecular weight excluding hydrogens is 238 g/mol. The number of alkyl carbamates (subject to hydrolysis) is 1. The number of carbonyl (C=O) groups excluding carboxylic acids is 1. The van der Waals surface area contributed by atoms with Crippen molar-refractivity contribution >= 4 is 6.09 Å². The smallest absolute Gasteiger partial charge is 0.407 e. The van der Waals surface area contributed by atoms with E-state index in [9.17, 15) is 4.79 Å². The summed E-state index contributed by atoms with van der Waals surface area (Å²) in [5, 5.41) is 2.85. The number of allylic oxidation sites excluding steroid dienone is 1. The molecule has 102 valence electrons. The number of benzene rings is 1. The molecule has 0 radical (unpaired) electrons. The Morgan fingerprint density at radius 3 is 2.63 bits per heavy atom. The first-order chi connectivity index (χ1) is 9.24. The van der Waals surface area contributed by atoms with Gasteiger partial charge in [-0.1, -0.05) is 42.5 Å². The van der Waals surface area contributed by atoms with E-state index in [0.29, 0.717) is 19.1 Å². The molecule has 3 heteroatoms. The molecule has 1 fully saturated rings. The van der Waals surface area contributed by atoms with Crippen LogP contribution in [-0.2, 0) is 11.3 Å². The third-order valence-corrected chi connectivity index (χ3v) is 3.56. The van der Waals surface area contributed by atoms with E-state index < -0.39 is 0 Å². The fourth-order valence-corrected chi connectivity index (χ4v) is 2.29. The summed E-state index contributed by atoms with van der Waals surface area (Å²) in [6.07, 6.45) is 4.10. The van der Waals surface area contributed by atoms with Crippen LogP contribution in [0, 0.1) is 5.92 Å². The predicted molar refractivity (Wildman–Crippen MR) is 75.7 cm³/mol. The Morgan fingerprint density at radius 2 is 1.95 bits per heavy atom. The molecule has 0 heterocycles. The van der Waals surface area contributed by atoms with Gasteiger partial charge in [-0.25, -0.2) is 4.79 Å². The first-order valence-corrected chi connectivity index (χ1v) is 6.85. The highest BCUT2D eigenvalue weighted by atomic mass is 16.5. The molecule has 1 saturated carbocycles. The topological polar surface area (TPSA) is 38.3 Å². The molecule has 1 aromatic carbocycles. The van der Waals surface area contributed by atoms with Crippen LogP contribution in [0.15, 0.2) is 42.5 Å². The standard InChI is InChI=1S/C16H21NO2/c1-13-7-9-14(10-8-13)11-17-16(18)19-12-15-5-3-2-4-6-15/h2-6,14H,1,7-12H2,(H,17,18). The molecule has 1 N–H and O–H groups in total. The maximum absolute atomic E-state index is 11.6. The van der Waals surface area contributed by atoms with E-state index in [1.54, 1.807) is 0 Å². The second-order valence-electron chi connectivity index (χ2n) is 5.14. The quantitative estimate of drug-likeness (QED) is 0.838. The Hall–Kier alpha value is -1.77. The Kier molecular flexibility index (Phi) is 5.01. The molecule has 0 saturated heterocycles. The SMILES string of the molecule is C=C1CCC(CNC(=O)OCc2ccccc2)CC1. The molecule has 3 nitrogen and oxygen atoms in total. The van der Waals surface area contributed by atoms with Crippen LogP contribution in [0.2, 0.25) is 0 Å². The second-order valence-corrected chi connectivity index (χ2v) is 5.14. The maximum Gasteiger partial charge on any atom is 0.407 e. The molecule has 2 rings (SSSR count). The van der Waals surface area contributed by atoms with Gasteiger partial charge in [-0.05, 0) is 37.2 Å². The first kappa shape index (κ1) is 13.7. The van der Waals surface area contributed by atoms with Gasteiger partial charge in [0.1, 0.15) is 6.61 Å². The van der Waals surface area contributed by atoms with Gasteiger partial charge in [-0.3, -0.25) is 0 Å². The van der Waals surface area contributed by atoms with E-state index in [1.807, 2.05) is 30.3 Å². The zero-order chi connectivity index (χ0) is 13.5. The Morgan fingerprint density at radius 1 is 1.26 bits per heavy atom. The van der Waals surface area contributed by atoms with Gasteiger partial charge in [0, 0.05) is 6.54 Å². The van der Waals surface area contributed by atoms with E-state index in [1.165, 1.54) is 5.57 Å². The van der Waals surface area contributed by atoms with Crippen LogP contribution in [0.3, 0.4) is 0 Å². The monoisotopic (exact) mass is 259 g/mol. The van der Waals surface area contributed by atoms with Crippen molar-refractivity contribution in [2.24, 2.45) is 5.92 Å². The van der Waals surface area contributed by atoms with Crippen molar-refractivity contribution < 1.29 is 9.53 Å². The molecule has 0 bridgehead atoms. The normalized spacial score (nSPS) is 16.1. The van der Waals surface area contributed by atoms with Gasteiger partial charge in [0.2, 0.25) is 0 Å². The minimum Gasteiger partial charge on any atom is -0.445 e. The fraction of sp³-hybridized carbons (Fsp3) is 0.438. The molecular formula is C16H21NO2. The number of carbonyl (C=O) groups is 1. The van der Waals surface area contributed by atoms with Crippen molar-refractivity contribution in [2.75, 3.05) is 6.54 Å². The summed E-state index contributed by atoms with van der Waals surface area (Å²) in [5.41, 5.74) is 2.34. The van der Waals surface area contributed by atoms with Crippen LogP contribution in [0.4, 0.5) is 4.79 Å². The van der Waals surface area contributed by atoms with Gasteiger partial charge in [-0.15, -0.1) is 0 Å². The Labute approximate surface area is 114 Å². The van der Waals surface area contributed by atoms with Crippen molar-refractivity contribution in [1.29, 1.82) is 0 Å². The molecule has 0 atom stereocenters. The number of hydrogen-bond acceptors (Lipinski definition) is 2. The minimum absolute atomic E-state index is 0.326. The van der Waals surface area contributed by atoms with E-state index in [2.05, 4.69) is 11.9 Å². The molecule has 1 amide bonds. The third kappa shape index (κ3) is 4.78. The second kappa shape index (κ2) is 6.98. The molecule has 0 unspecified atom stereocenters. The lowest BCUT2D eigenvalue weighted by Gasteiger charge is -2.23.